The van der Waals surface area contributed by atoms with Crippen LogP contribution in [0.4, 0.5) is 11.4 Å². The fraction of sp³-hybridized carbons (Fsp3) is 0.333. The molecule has 0 amide bonds. The van der Waals surface area contributed by atoms with E-state index in [9.17, 15) is 9.90 Å². The van der Waals surface area contributed by atoms with Gasteiger partial charge in [-0.25, -0.2) is 4.98 Å². The normalized spacial score (nSPS) is 12.6. The van der Waals surface area contributed by atoms with Crippen molar-refractivity contribution in [2.45, 2.75) is 13.0 Å². The number of fused-ring (bicyclic) bond motifs is 1. The van der Waals surface area contributed by atoms with Gasteiger partial charge in [-0.3, -0.25) is 4.79 Å². The lowest BCUT2D eigenvalue weighted by atomic mass is 10.1. The molecule has 1 aromatic carbocycles. The van der Waals surface area contributed by atoms with E-state index in [4.69, 9.17) is 5.73 Å². The molecule has 0 aliphatic heterocycles. The van der Waals surface area contributed by atoms with E-state index in [1.54, 1.807) is 19.1 Å². The second kappa shape index (κ2) is 4.66. The molecule has 1 heterocycles. The van der Waals surface area contributed by atoms with E-state index < -0.39 is 6.10 Å². The molecule has 0 bridgehead atoms. The van der Waals surface area contributed by atoms with E-state index >= 15 is 0 Å². The summed E-state index contributed by atoms with van der Waals surface area (Å²) in [6.45, 7) is 2.16. The summed E-state index contributed by atoms with van der Waals surface area (Å²) in [4.78, 5) is 20.0. The van der Waals surface area contributed by atoms with E-state index in [2.05, 4.69) is 9.97 Å². The predicted molar refractivity (Wildman–Crippen MR) is 71.7 cm³/mol. The van der Waals surface area contributed by atoms with Gasteiger partial charge in [0.2, 0.25) is 0 Å². The predicted octanol–water partition coefficient (Wildman–Crippen LogP) is 0.322. The number of aliphatic hydroxyl groups excluding tert-OH is 1. The standard InChI is InChI=1S/C12H16N4O2/c1-7(17)5-16(2)11-4-10-8(3-9(11)13)12(18)15-6-14-10/h3-4,6-7,17H,5,13H2,1-2H3,(H,14,15,18). The van der Waals surface area contributed by atoms with Gasteiger partial charge in [-0.2, -0.15) is 0 Å². The first kappa shape index (κ1) is 12.4. The van der Waals surface area contributed by atoms with Gasteiger partial charge in [0, 0.05) is 13.6 Å². The molecule has 6 nitrogen and oxygen atoms in total. The number of aromatic nitrogens is 2. The smallest absolute Gasteiger partial charge is 0.258 e. The fourth-order valence-electron chi connectivity index (χ4n) is 1.95. The maximum absolute atomic E-state index is 11.6. The average Bonchev–Trinajstić information content (AvgIpc) is 2.28. The summed E-state index contributed by atoms with van der Waals surface area (Å²) in [6.07, 6.45) is 0.900. The Morgan fingerprint density at radius 3 is 2.94 bits per heavy atom. The highest BCUT2D eigenvalue weighted by Gasteiger charge is 2.11. The number of likely N-dealkylation sites (N-methyl/N-ethyl adjacent to an activating group) is 1. The molecule has 0 saturated carbocycles. The van der Waals surface area contributed by atoms with Crippen LogP contribution in [-0.2, 0) is 0 Å². The molecule has 18 heavy (non-hydrogen) atoms. The molecule has 1 unspecified atom stereocenters. The molecule has 0 spiro atoms. The van der Waals surface area contributed by atoms with Crippen molar-refractivity contribution in [1.82, 2.24) is 9.97 Å². The fourth-order valence-corrected chi connectivity index (χ4v) is 1.95. The lowest BCUT2D eigenvalue weighted by Gasteiger charge is -2.22. The highest BCUT2D eigenvalue weighted by molar-refractivity contribution is 5.88. The largest absolute Gasteiger partial charge is 0.397 e. The zero-order valence-corrected chi connectivity index (χ0v) is 10.3. The Labute approximate surface area is 104 Å². The number of nitrogens with two attached hydrogens (primary N) is 1. The minimum absolute atomic E-state index is 0.212. The van der Waals surface area contributed by atoms with Crippen LogP contribution in [0.1, 0.15) is 6.92 Å². The Kier molecular flexibility index (Phi) is 3.20. The quantitative estimate of drug-likeness (QED) is 0.680. The number of benzene rings is 1. The molecule has 0 aliphatic carbocycles. The lowest BCUT2D eigenvalue weighted by Crippen LogP contribution is -2.27. The molecule has 0 saturated heterocycles. The number of aliphatic hydroxyl groups is 1. The second-order valence-electron chi connectivity index (χ2n) is 4.39. The molecule has 4 N–H and O–H groups in total. The number of nitrogens with zero attached hydrogens (tertiary/aromatic N) is 2. The van der Waals surface area contributed by atoms with E-state index in [0.717, 1.165) is 5.69 Å². The third-order valence-corrected chi connectivity index (χ3v) is 2.74. The maximum Gasteiger partial charge on any atom is 0.258 e. The zero-order valence-electron chi connectivity index (χ0n) is 10.3. The summed E-state index contributed by atoms with van der Waals surface area (Å²) in [7, 11) is 1.83. The number of nitrogen functional groups attached to an aromatic ring is 1. The minimum Gasteiger partial charge on any atom is -0.397 e. The minimum atomic E-state index is -0.461. The van der Waals surface area contributed by atoms with E-state index in [-0.39, 0.29) is 5.56 Å². The number of aromatic amines is 1. The monoisotopic (exact) mass is 248 g/mol. The van der Waals surface area contributed by atoms with Gasteiger partial charge in [0.05, 0.1) is 34.7 Å². The molecule has 96 valence electrons. The first-order valence-electron chi connectivity index (χ1n) is 5.65. The first-order valence-corrected chi connectivity index (χ1v) is 5.65. The van der Waals surface area contributed by atoms with Crippen molar-refractivity contribution in [3.05, 3.63) is 28.8 Å². The number of nitrogens with one attached hydrogen (secondary N) is 1. The Balaban J connectivity index is 2.53. The van der Waals surface area contributed by atoms with Crippen molar-refractivity contribution in [2.75, 3.05) is 24.2 Å². The van der Waals surface area contributed by atoms with E-state index in [0.29, 0.717) is 23.1 Å². The number of rotatable bonds is 3. The zero-order chi connectivity index (χ0) is 13.3. The second-order valence-corrected chi connectivity index (χ2v) is 4.39. The molecule has 2 rings (SSSR count). The van der Waals surface area contributed by atoms with Crippen LogP contribution in [0.15, 0.2) is 23.3 Å². The molecule has 0 aliphatic rings. The number of hydrogen-bond donors (Lipinski definition) is 3. The molecular formula is C12H16N4O2. The van der Waals surface area contributed by atoms with Gasteiger partial charge in [-0.05, 0) is 19.1 Å². The Bertz CT molecular complexity index is 621. The molecule has 6 heteroatoms. The molecule has 1 aromatic heterocycles. The number of hydrogen-bond acceptors (Lipinski definition) is 5. The van der Waals surface area contributed by atoms with Gasteiger partial charge in [-0.15, -0.1) is 0 Å². The summed E-state index contributed by atoms with van der Waals surface area (Å²) < 4.78 is 0. The van der Waals surface area contributed by atoms with Gasteiger partial charge < -0.3 is 20.7 Å². The van der Waals surface area contributed by atoms with Crippen LogP contribution in [0, 0.1) is 0 Å². The molecule has 0 fully saturated rings. The van der Waals surface area contributed by atoms with E-state index in [1.165, 1.54) is 6.33 Å². The van der Waals surface area contributed by atoms with Crippen LogP contribution in [0.2, 0.25) is 0 Å². The van der Waals surface area contributed by atoms with Crippen LogP contribution in [-0.4, -0.2) is 34.8 Å². The molecule has 0 radical (unpaired) electrons. The number of anilines is 2. The Morgan fingerprint density at radius 1 is 1.56 bits per heavy atom. The highest BCUT2D eigenvalue weighted by Crippen LogP contribution is 2.25. The maximum atomic E-state index is 11.6. The molecule has 1 atom stereocenters. The Morgan fingerprint density at radius 2 is 2.28 bits per heavy atom. The van der Waals surface area contributed by atoms with Crippen molar-refractivity contribution in [3.63, 3.8) is 0 Å². The SMILES string of the molecule is CC(O)CN(C)c1cc2nc[nH]c(=O)c2cc1N. The van der Waals surface area contributed by atoms with Gasteiger partial charge in [0.25, 0.3) is 5.56 Å². The summed E-state index contributed by atoms with van der Waals surface area (Å²) in [5, 5.41) is 9.84. The summed E-state index contributed by atoms with van der Waals surface area (Å²) in [5.74, 6) is 0. The van der Waals surface area contributed by atoms with Crippen molar-refractivity contribution < 1.29 is 5.11 Å². The molecule has 2 aromatic rings. The third kappa shape index (κ3) is 2.28. The summed E-state index contributed by atoms with van der Waals surface area (Å²) >= 11 is 0. The van der Waals surface area contributed by atoms with Crippen LogP contribution in [0.3, 0.4) is 0 Å². The van der Waals surface area contributed by atoms with Crippen molar-refractivity contribution in [3.8, 4) is 0 Å². The van der Waals surface area contributed by atoms with Gasteiger partial charge in [-0.1, -0.05) is 0 Å². The van der Waals surface area contributed by atoms with E-state index in [1.807, 2.05) is 11.9 Å². The van der Waals surface area contributed by atoms with Crippen molar-refractivity contribution in [2.24, 2.45) is 0 Å². The van der Waals surface area contributed by atoms with Gasteiger partial charge in [0.1, 0.15) is 0 Å². The Hall–Kier alpha value is -2.08. The van der Waals surface area contributed by atoms with Crippen molar-refractivity contribution in [1.29, 1.82) is 0 Å². The van der Waals surface area contributed by atoms with Gasteiger partial charge in [0.15, 0.2) is 0 Å². The average molecular weight is 248 g/mol. The van der Waals surface area contributed by atoms with Crippen LogP contribution >= 0.6 is 0 Å². The summed E-state index contributed by atoms with van der Waals surface area (Å²) in [6, 6.07) is 3.36. The third-order valence-electron chi connectivity index (χ3n) is 2.74. The summed E-state index contributed by atoms with van der Waals surface area (Å²) in [5.41, 5.74) is 7.54. The highest BCUT2D eigenvalue weighted by atomic mass is 16.3. The topological polar surface area (TPSA) is 95.2 Å². The number of H-pyrrole nitrogens is 1. The van der Waals surface area contributed by atoms with Gasteiger partial charge >= 0.3 is 0 Å². The van der Waals surface area contributed by atoms with Crippen LogP contribution < -0.4 is 16.2 Å². The first-order chi connectivity index (χ1) is 8.49. The molecular weight excluding hydrogens is 232 g/mol. The van der Waals surface area contributed by atoms with Crippen LogP contribution in [0.5, 0.6) is 0 Å². The van der Waals surface area contributed by atoms with Crippen LogP contribution in [0.25, 0.3) is 10.9 Å². The lowest BCUT2D eigenvalue weighted by molar-refractivity contribution is 0.201. The van der Waals surface area contributed by atoms with Crippen molar-refractivity contribution >= 4 is 22.3 Å².